The van der Waals surface area contributed by atoms with Gasteiger partial charge in [-0.25, -0.2) is 0 Å². The van der Waals surface area contributed by atoms with E-state index in [1.807, 2.05) is 25.1 Å². The van der Waals surface area contributed by atoms with Crippen molar-refractivity contribution in [3.05, 3.63) is 33.7 Å². The fourth-order valence-corrected chi connectivity index (χ4v) is 1.62. The maximum atomic E-state index is 5.82. The van der Waals surface area contributed by atoms with Crippen LogP contribution in [-0.2, 0) is 0 Å². The standard InChI is InChI=1S/C10H9IN2O/c1-6-8(5-13-14-6)7-2-3-9(11)10(12)4-7/h2-5H,12H2,1H3. The van der Waals surface area contributed by atoms with Gasteiger partial charge in [0.2, 0.25) is 0 Å². The van der Waals surface area contributed by atoms with Crippen LogP contribution in [0.2, 0.25) is 0 Å². The van der Waals surface area contributed by atoms with Gasteiger partial charge in [0.15, 0.2) is 0 Å². The summed E-state index contributed by atoms with van der Waals surface area (Å²) in [7, 11) is 0. The van der Waals surface area contributed by atoms with Gasteiger partial charge in [0.1, 0.15) is 5.76 Å². The molecule has 4 heteroatoms. The Kier molecular flexibility index (Phi) is 2.45. The number of benzene rings is 1. The summed E-state index contributed by atoms with van der Waals surface area (Å²) in [5.74, 6) is 0.811. The second-order valence-corrected chi connectivity index (χ2v) is 4.19. The van der Waals surface area contributed by atoms with Crippen LogP contribution in [0, 0.1) is 10.5 Å². The highest BCUT2D eigenvalue weighted by Crippen LogP contribution is 2.26. The first-order valence-electron chi connectivity index (χ1n) is 4.15. The van der Waals surface area contributed by atoms with E-state index in [1.54, 1.807) is 6.20 Å². The van der Waals surface area contributed by atoms with Crippen molar-refractivity contribution >= 4 is 28.3 Å². The number of anilines is 1. The third kappa shape index (κ3) is 1.61. The largest absolute Gasteiger partial charge is 0.398 e. The van der Waals surface area contributed by atoms with Crippen LogP contribution in [0.1, 0.15) is 5.76 Å². The summed E-state index contributed by atoms with van der Waals surface area (Å²) < 4.78 is 6.05. The Bertz CT molecular complexity index is 465. The quantitative estimate of drug-likeness (QED) is 0.651. The minimum absolute atomic E-state index is 0.781. The Labute approximate surface area is 95.4 Å². The van der Waals surface area contributed by atoms with Crippen molar-refractivity contribution in [3.63, 3.8) is 0 Å². The zero-order chi connectivity index (χ0) is 10.1. The molecule has 0 aliphatic rings. The van der Waals surface area contributed by atoms with Crippen molar-refractivity contribution < 1.29 is 4.52 Å². The van der Waals surface area contributed by atoms with E-state index in [2.05, 4.69) is 27.7 Å². The molecule has 0 saturated carbocycles. The van der Waals surface area contributed by atoms with Gasteiger partial charge in [-0.1, -0.05) is 11.2 Å². The molecule has 72 valence electrons. The molecule has 0 aliphatic heterocycles. The van der Waals surface area contributed by atoms with E-state index in [1.165, 1.54) is 0 Å². The molecule has 1 heterocycles. The van der Waals surface area contributed by atoms with Gasteiger partial charge in [-0.2, -0.15) is 0 Å². The summed E-state index contributed by atoms with van der Waals surface area (Å²) in [6.07, 6.45) is 1.71. The van der Waals surface area contributed by atoms with Crippen LogP contribution >= 0.6 is 22.6 Å². The first kappa shape index (κ1) is 9.51. The van der Waals surface area contributed by atoms with Crippen molar-refractivity contribution in [2.24, 2.45) is 0 Å². The molecule has 2 aromatic rings. The highest BCUT2D eigenvalue weighted by atomic mass is 127. The molecule has 0 spiro atoms. The van der Waals surface area contributed by atoms with Crippen LogP contribution in [0.25, 0.3) is 11.1 Å². The molecule has 2 rings (SSSR count). The molecule has 3 nitrogen and oxygen atoms in total. The number of aromatic nitrogens is 1. The molecule has 0 bridgehead atoms. The van der Waals surface area contributed by atoms with Crippen LogP contribution in [0.4, 0.5) is 5.69 Å². The van der Waals surface area contributed by atoms with Crippen molar-refractivity contribution in [1.29, 1.82) is 0 Å². The maximum Gasteiger partial charge on any atom is 0.141 e. The van der Waals surface area contributed by atoms with Gasteiger partial charge in [0.25, 0.3) is 0 Å². The number of hydrogen-bond donors (Lipinski definition) is 1. The Hall–Kier alpha value is -1.04. The minimum Gasteiger partial charge on any atom is -0.398 e. The van der Waals surface area contributed by atoms with Crippen LogP contribution in [-0.4, -0.2) is 5.16 Å². The fourth-order valence-electron chi connectivity index (χ4n) is 1.29. The van der Waals surface area contributed by atoms with E-state index >= 15 is 0 Å². The summed E-state index contributed by atoms with van der Waals surface area (Å²) in [6.45, 7) is 1.89. The van der Waals surface area contributed by atoms with Crippen LogP contribution in [0.15, 0.2) is 28.9 Å². The van der Waals surface area contributed by atoms with Crippen molar-refractivity contribution in [1.82, 2.24) is 5.16 Å². The van der Waals surface area contributed by atoms with Gasteiger partial charge in [-0.15, -0.1) is 0 Å². The predicted octanol–water partition coefficient (Wildman–Crippen LogP) is 2.84. The summed E-state index contributed by atoms with van der Waals surface area (Å²) in [6, 6.07) is 5.93. The van der Waals surface area contributed by atoms with E-state index < -0.39 is 0 Å². The monoisotopic (exact) mass is 300 g/mol. The molecule has 0 unspecified atom stereocenters. The second-order valence-electron chi connectivity index (χ2n) is 3.03. The first-order chi connectivity index (χ1) is 6.68. The lowest BCUT2D eigenvalue weighted by Gasteiger charge is -2.01. The Balaban J connectivity index is 2.53. The molecular formula is C10H9IN2O. The van der Waals surface area contributed by atoms with Crippen molar-refractivity contribution in [2.45, 2.75) is 6.92 Å². The Morgan fingerprint density at radius 2 is 2.21 bits per heavy atom. The lowest BCUT2D eigenvalue weighted by molar-refractivity contribution is 0.398. The molecule has 0 aliphatic carbocycles. The predicted molar refractivity (Wildman–Crippen MR) is 63.8 cm³/mol. The van der Waals surface area contributed by atoms with E-state index in [9.17, 15) is 0 Å². The van der Waals surface area contributed by atoms with Crippen LogP contribution in [0.3, 0.4) is 0 Å². The van der Waals surface area contributed by atoms with Gasteiger partial charge in [-0.3, -0.25) is 0 Å². The lowest BCUT2D eigenvalue weighted by Crippen LogP contribution is -1.89. The third-order valence-corrected chi connectivity index (χ3v) is 3.04. The van der Waals surface area contributed by atoms with E-state index in [0.29, 0.717) is 0 Å². The SMILES string of the molecule is Cc1oncc1-c1ccc(I)c(N)c1. The molecule has 0 radical (unpaired) electrons. The number of hydrogen-bond acceptors (Lipinski definition) is 3. The van der Waals surface area contributed by atoms with E-state index in [0.717, 1.165) is 26.1 Å². The number of nitrogens with two attached hydrogens (primary N) is 1. The molecule has 1 aromatic heterocycles. The number of halogens is 1. The van der Waals surface area contributed by atoms with Crippen molar-refractivity contribution in [2.75, 3.05) is 5.73 Å². The maximum absolute atomic E-state index is 5.82. The Morgan fingerprint density at radius 1 is 1.43 bits per heavy atom. The molecule has 1 aromatic carbocycles. The highest BCUT2D eigenvalue weighted by Gasteiger charge is 2.06. The number of nitrogens with zero attached hydrogens (tertiary/aromatic N) is 1. The van der Waals surface area contributed by atoms with Gasteiger partial charge >= 0.3 is 0 Å². The summed E-state index contributed by atoms with van der Waals surface area (Å²) in [5.41, 5.74) is 8.64. The van der Waals surface area contributed by atoms with Gasteiger partial charge < -0.3 is 10.3 Å². The number of aryl methyl sites for hydroxylation is 1. The van der Waals surface area contributed by atoms with Gasteiger partial charge in [0.05, 0.1) is 6.20 Å². The van der Waals surface area contributed by atoms with Crippen molar-refractivity contribution in [3.8, 4) is 11.1 Å². The zero-order valence-electron chi connectivity index (χ0n) is 7.62. The molecule has 14 heavy (non-hydrogen) atoms. The highest BCUT2D eigenvalue weighted by molar-refractivity contribution is 14.1. The topological polar surface area (TPSA) is 52.0 Å². The van der Waals surface area contributed by atoms with E-state index in [-0.39, 0.29) is 0 Å². The summed E-state index contributed by atoms with van der Waals surface area (Å²) in [5, 5.41) is 3.73. The van der Waals surface area contributed by atoms with E-state index in [4.69, 9.17) is 10.3 Å². The zero-order valence-corrected chi connectivity index (χ0v) is 9.78. The van der Waals surface area contributed by atoms with Gasteiger partial charge in [-0.05, 0) is 47.2 Å². The molecule has 0 atom stereocenters. The normalized spacial score (nSPS) is 10.4. The minimum atomic E-state index is 0.781. The first-order valence-corrected chi connectivity index (χ1v) is 5.23. The lowest BCUT2D eigenvalue weighted by atomic mass is 10.1. The summed E-state index contributed by atoms with van der Waals surface area (Å²) >= 11 is 2.20. The summed E-state index contributed by atoms with van der Waals surface area (Å²) in [4.78, 5) is 0. The Morgan fingerprint density at radius 3 is 2.79 bits per heavy atom. The van der Waals surface area contributed by atoms with Gasteiger partial charge in [0, 0.05) is 14.8 Å². The number of rotatable bonds is 1. The van der Waals surface area contributed by atoms with Crippen LogP contribution in [0.5, 0.6) is 0 Å². The molecule has 2 N–H and O–H groups in total. The second kappa shape index (κ2) is 3.61. The molecule has 0 amide bonds. The average molecular weight is 300 g/mol. The number of nitrogen functional groups attached to an aromatic ring is 1. The van der Waals surface area contributed by atoms with Crippen LogP contribution < -0.4 is 5.73 Å². The molecular weight excluding hydrogens is 291 g/mol. The third-order valence-electron chi connectivity index (χ3n) is 2.06. The molecule has 0 saturated heterocycles. The average Bonchev–Trinajstić information content (AvgIpc) is 2.57. The molecule has 0 fully saturated rings. The smallest absolute Gasteiger partial charge is 0.141 e. The fraction of sp³-hybridized carbons (Fsp3) is 0.100.